The van der Waals surface area contributed by atoms with E-state index in [1.807, 2.05) is 18.2 Å². The molecule has 21 heavy (non-hydrogen) atoms. The third-order valence-electron chi connectivity index (χ3n) is 3.81. The van der Waals surface area contributed by atoms with E-state index in [1.54, 1.807) is 0 Å². The van der Waals surface area contributed by atoms with Crippen molar-refractivity contribution >= 4 is 33.8 Å². The monoisotopic (exact) mass is 300 g/mol. The molecular weight excluding hydrogens is 280 g/mol. The highest BCUT2D eigenvalue weighted by Crippen LogP contribution is 2.22. The molecule has 0 spiro atoms. The van der Waals surface area contributed by atoms with Crippen molar-refractivity contribution in [3.8, 4) is 0 Å². The number of nitrogens with one attached hydrogen (secondary N) is 2. The molecule has 0 amide bonds. The fourth-order valence-corrected chi connectivity index (χ4v) is 2.93. The van der Waals surface area contributed by atoms with Crippen molar-refractivity contribution in [3.63, 3.8) is 0 Å². The summed E-state index contributed by atoms with van der Waals surface area (Å²) < 4.78 is 5.61. The SMILES string of the molecule is S=C(NCCC1CCCO1)Nc1cccc2ccccc12. The van der Waals surface area contributed by atoms with E-state index in [2.05, 4.69) is 34.9 Å². The highest BCUT2D eigenvalue weighted by atomic mass is 32.1. The Kier molecular flexibility index (Phi) is 4.68. The standard InChI is InChI=1S/C17H20N2OS/c21-17(18-11-10-14-7-4-12-20-14)19-16-9-3-6-13-5-1-2-8-15(13)16/h1-3,5-6,8-9,14H,4,7,10-12H2,(H2,18,19,21). The molecule has 3 rings (SSSR count). The minimum atomic E-state index is 0.401. The molecule has 0 saturated carbocycles. The summed E-state index contributed by atoms with van der Waals surface area (Å²) in [4.78, 5) is 0. The van der Waals surface area contributed by atoms with Crippen molar-refractivity contribution < 1.29 is 4.74 Å². The zero-order valence-corrected chi connectivity index (χ0v) is 12.8. The van der Waals surface area contributed by atoms with Crippen molar-refractivity contribution in [2.75, 3.05) is 18.5 Å². The van der Waals surface area contributed by atoms with Crippen LogP contribution in [0.5, 0.6) is 0 Å². The molecule has 0 aromatic heterocycles. The number of thiocarbonyl (C=S) groups is 1. The van der Waals surface area contributed by atoms with Gasteiger partial charge in [-0.25, -0.2) is 0 Å². The van der Waals surface area contributed by atoms with Crippen molar-refractivity contribution in [2.24, 2.45) is 0 Å². The Morgan fingerprint density at radius 1 is 1.19 bits per heavy atom. The lowest BCUT2D eigenvalue weighted by Gasteiger charge is -2.14. The number of anilines is 1. The molecular formula is C17H20N2OS. The maximum Gasteiger partial charge on any atom is 0.170 e. The van der Waals surface area contributed by atoms with Crippen LogP contribution in [0.2, 0.25) is 0 Å². The molecule has 0 bridgehead atoms. The number of fused-ring (bicyclic) bond motifs is 1. The minimum Gasteiger partial charge on any atom is -0.378 e. The van der Waals surface area contributed by atoms with Gasteiger partial charge >= 0.3 is 0 Å². The van der Waals surface area contributed by atoms with Gasteiger partial charge in [-0.1, -0.05) is 36.4 Å². The maximum atomic E-state index is 5.61. The van der Waals surface area contributed by atoms with E-state index in [1.165, 1.54) is 23.6 Å². The Bertz CT molecular complexity index is 618. The Labute approximate surface area is 130 Å². The highest BCUT2D eigenvalue weighted by molar-refractivity contribution is 7.80. The van der Waals surface area contributed by atoms with Crippen LogP contribution in [0.1, 0.15) is 19.3 Å². The average molecular weight is 300 g/mol. The molecule has 1 aliphatic rings. The molecule has 1 aliphatic heterocycles. The van der Waals surface area contributed by atoms with Crippen LogP contribution in [0.3, 0.4) is 0 Å². The Morgan fingerprint density at radius 2 is 2.05 bits per heavy atom. The lowest BCUT2D eigenvalue weighted by molar-refractivity contribution is 0.105. The number of ether oxygens (including phenoxy) is 1. The van der Waals surface area contributed by atoms with Crippen LogP contribution in [0.4, 0.5) is 5.69 Å². The fraction of sp³-hybridized carbons (Fsp3) is 0.353. The van der Waals surface area contributed by atoms with Crippen LogP contribution in [-0.2, 0) is 4.74 Å². The summed E-state index contributed by atoms with van der Waals surface area (Å²) in [6.45, 7) is 1.75. The second-order valence-electron chi connectivity index (χ2n) is 5.33. The predicted molar refractivity (Wildman–Crippen MR) is 91.8 cm³/mol. The summed E-state index contributed by atoms with van der Waals surface area (Å²) in [6, 6.07) is 14.5. The number of benzene rings is 2. The zero-order valence-electron chi connectivity index (χ0n) is 12.0. The molecule has 2 aromatic rings. The molecule has 1 heterocycles. The molecule has 1 saturated heterocycles. The van der Waals surface area contributed by atoms with E-state index >= 15 is 0 Å². The summed E-state index contributed by atoms with van der Waals surface area (Å²) in [6.07, 6.45) is 3.77. The van der Waals surface area contributed by atoms with Gasteiger partial charge in [0.05, 0.1) is 6.10 Å². The van der Waals surface area contributed by atoms with E-state index in [-0.39, 0.29) is 0 Å². The zero-order chi connectivity index (χ0) is 14.5. The van der Waals surface area contributed by atoms with E-state index < -0.39 is 0 Å². The van der Waals surface area contributed by atoms with Gasteiger partial charge in [0.15, 0.2) is 5.11 Å². The number of rotatable bonds is 4. The van der Waals surface area contributed by atoms with Gasteiger partial charge in [-0.15, -0.1) is 0 Å². The van der Waals surface area contributed by atoms with E-state index in [9.17, 15) is 0 Å². The first-order valence-electron chi connectivity index (χ1n) is 7.47. The molecule has 2 N–H and O–H groups in total. The summed E-state index contributed by atoms with van der Waals surface area (Å²) in [5.74, 6) is 0. The van der Waals surface area contributed by atoms with Gasteiger partial charge in [0.2, 0.25) is 0 Å². The second kappa shape index (κ2) is 6.87. The number of hydrogen-bond acceptors (Lipinski definition) is 2. The number of hydrogen-bond donors (Lipinski definition) is 2. The summed E-state index contributed by atoms with van der Waals surface area (Å²) in [7, 11) is 0. The smallest absolute Gasteiger partial charge is 0.170 e. The van der Waals surface area contributed by atoms with Crippen molar-refractivity contribution in [2.45, 2.75) is 25.4 Å². The van der Waals surface area contributed by atoms with E-state index in [0.717, 1.165) is 25.3 Å². The van der Waals surface area contributed by atoms with Crippen molar-refractivity contribution in [1.82, 2.24) is 5.32 Å². The molecule has 1 unspecified atom stereocenters. The molecule has 4 heteroatoms. The lowest BCUT2D eigenvalue weighted by atomic mass is 10.1. The summed E-state index contributed by atoms with van der Waals surface area (Å²) >= 11 is 5.38. The largest absolute Gasteiger partial charge is 0.378 e. The summed E-state index contributed by atoms with van der Waals surface area (Å²) in [5.41, 5.74) is 1.04. The minimum absolute atomic E-state index is 0.401. The van der Waals surface area contributed by atoms with Crippen molar-refractivity contribution in [1.29, 1.82) is 0 Å². The third-order valence-corrected chi connectivity index (χ3v) is 4.06. The lowest BCUT2D eigenvalue weighted by Crippen LogP contribution is -2.31. The third kappa shape index (κ3) is 3.71. The van der Waals surface area contributed by atoms with Crippen LogP contribution in [0, 0.1) is 0 Å². The molecule has 2 aromatic carbocycles. The topological polar surface area (TPSA) is 33.3 Å². The first kappa shape index (κ1) is 14.3. The fourth-order valence-electron chi connectivity index (χ4n) is 2.72. The highest BCUT2D eigenvalue weighted by Gasteiger charge is 2.14. The van der Waals surface area contributed by atoms with E-state index in [0.29, 0.717) is 11.2 Å². The van der Waals surface area contributed by atoms with Gasteiger partial charge in [0.25, 0.3) is 0 Å². The predicted octanol–water partition coefficient (Wildman–Crippen LogP) is 3.70. The molecule has 0 radical (unpaired) electrons. The van der Waals surface area contributed by atoms with Crippen LogP contribution in [0.15, 0.2) is 42.5 Å². The van der Waals surface area contributed by atoms with Gasteiger partial charge in [0, 0.05) is 24.2 Å². The Balaban J connectivity index is 1.56. The Hall–Kier alpha value is -1.65. The second-order valence-corrected chi connectivity index (χ2v) is 5.74. The molecule has 110 valence electrons. The quantitative estimate of drug-likeness (QED) is 0.844. The van der Waals surface area contributed by atoms with Gasteiger partial charge in [-0.2, -0.15) is 0 Å². The van der Waals surface area contributed by atoms with Crippen LogP contribution in [0.25, 0.3) is 10.8 Å². The van der Waals surface area contributed by atoms with Gasteiger partial charge in [-0.3, -0.25) is 0 Å². The van der Waals surface area contributed by atoms with Gasteiger partial charge < -0.3 is 15.4 Å². The maximum absolute atomic E-state index is 5.61. The van der Waals surface area contributed by atoms with E-state index in [4.69, 9.17) is 17.0 Å². The molecule has 1 atom stereocenters. The van der Waals surface area contributed by atoms with Crippen LogP contribution in [-0.4, -0.2) is 24.4 Å². The van der Waals surface area contributed by atoms with Crippen LogP contribution >= 0.6 is 12.2 Å². The molecule has 0 aliphatic carbocycles. The van der Waals surface area contributed by atoms with Crippen molar-refractivity contribution in [3.05, 3.63) is 42.5 Å². The van der Waals surface area contributed by atoms with Gasteiger partial charge in [-0.05, 0) is 42.9 Å². The molecule has 3 nitrogen and oxygen atoms in total. The van der Waals surface area contributed by atoms with Gasteiger partial charge in [0.1, 0.15) is 0 Å². The normalized spacial score (nSPS) is 17.8. The molecule has 1 fully saturated rings. The first-order chi connectivity index (χ1) is 10.3. The summed E-state index contributed by atoms with van der Waals surface area (Å²) in [5, 5.41) is 9.62. The Morgan fingerprint density at radius 3 is 2.90 bits per heavy atom. The first-order valence-corrected chi connectivity index (χ1v) is 7.88. The van der Waals surface area contributed by atoms with Crippen LogP contribution < -0.4 is 10.6 Å². The average Bonchev–Trinajstić information content (AvgIpc) is 3.01.